The number of fused-ring (bicyclic) bond motifs is 1. The van der Waals surface area contributed by atoms with Gasteiger partial charge in [0, 0.05) is 0 Å². The molecule has 1 unspecified atom stereocenters. The van der Waals surface area contributed by atoms with Gasteiger partial charge in [-0.3, -0.25) is 0 Å². The molecule has 0 saturated carbocycles. The van der Waals surface area contributed by atoms with Gasteiger partial charge in [-0.15, -0.1) is 11.3 Å². The number of methoxy groups -OCH3 is 1. The first-order chi connectivity index (χ1) is 10.5. The first kappa shape index (κ1) is 15.3. The Labute approximate surface area is 133 Å². The number of para-hydroxylation sites is 1. The predicted molar refractivity (Wildman–Crippen MR) is 85.4 cm³/mol. The summed E-state index contributed by atoms with van der Waals surface area (Å²) in [6.07, 6.45) is 0.615. The van der Waals surface area contributed by atoms with Crippen LogP contribution in [0.2, 0.25) is 0 Å². The van der Waals surface area contributed by atoms with E-state index in [1.165, 1.54) is 7.11 Å². The van der Waals surface area contributed by atoms with Crippen molar-refractivity contribution in [2.45, 2.75) is 23.6 Å². The molecule has 1 N–H and O–H groups in total. The third-order valence-electron chi connectivity index (χ3n) is 3.57. The summed E-state index contributed by atoms with van der Waals surface area (Å²) >= 11 is 1.14. The van der Waals surface area contributed by atoms with Gasteiger partial charge in [0.05, 0.1) is 13.2 Å². The van der Waals surface area contributed by atoms with Crippen molar-refractivity contribution >= 4 is 21.4 Å². The molecule has 2 aromatic rings. The maximum absolute atomic E-state index is 12.5. The fourth-order valence-electron chi connectivity index (χ4n) is 2.57. The zero-order chi connectivity index (χ0) is 15.7. The molecule has 0 saturated heterocycles. The number of rotatable bonds is 4. The molecule has 1 aromatic heterocycles. The topological polar surface area (TPSA) is 64.6 Å². The van der Waals surface area contributed by atoms with Crippen molar-refractivity contribution in [3.05, 3.63) is 40.8 Å². The number of nitrogens with one attached hydrogen (secondary N) is 1. The molecule has 22 heavy (non-hydrogen) atoms. The summed E-state index contributed by atoms with van der Waals surface area (Å²) < 4.78 is 38.7. The van der Waals surface area contributed by atoms with E-state index in [1.54, 1.807) is 11.4 Å². The molecule has 0 amide bonds. The second kappa shape index (κ2) is 5.91. The zero-order valence-electron chi connectivity index (χ0n) is 12.3. The summed E-state index contributed by atoms with van der Waals surface area (Å²) in [5.41, 5.74) is 2.09. The minimum atomic E-state index is -3.61. The Morgan fingerprint density at radius 1 is 1.36 bits per heavy atom. The van der Waals surface area contributed by atoms with Crippen LogP contribution in [0.1, 0.15) is 11.1 Å². The van der Waals surface area contributed by atoms with Crippen LogP contribution in [-0.4, -0.2) is 28.2 Å². The van der Waals surface area contributed by atoms with Gasteiger partial charge in [-0.25, -0.2) is 13.1 Å². The summed E-state index contributed by atoms with van der Waals surface area (Å²) in [5.74, 6) is 1.23. The van der Waals surface area contributed by atoms with Crippen LogP contribution in [-0.2, 0) is 16.4 Å². The first-order valence-corrected chi connectivity index (χ1v) is 9.22. The van der Waals surface area contributed by atoms with Gasteiger partial charge < -0.3 is 9.47 Å². The van der Waals surface area contributed by atoms with E-state index in [1.807, 2.05) is 25.1 Å². The van der Waals surface area contributed by atoms with Gasteiger partial charge in [0.1, 0.15) is 18.1 Å². The molecular weight excluding hydrogens is 322 g/mol. The Morgan fingerprint density at radius 2 is 2.18 bits per heavy atom. The van der Waals surface area contributed by atoms with E-state index in [0.29, 0.717) is 18.8 Å². The summed E-state index contributed by atoms with van der Waals surface area (Å²) in [6.45, 7) is 2.31. The second-order valence-electron chi connectivity index (χ2n) is 5.17. The molecule has 5 nitrogen and oxygen atoms in total. The van der Waals surface area contributed by atoms with Gasteiger partial charge in [-0.05, 0) is 35.9 Å². The Kier molecular flexibility index (Phi) is 4.12. The zero-order valence-corrected chi connectivity index (χ0v) is 14.0. The Balaban J connectivity index is 1.80. The van der Waals surface area contributed by atoms with Gasteiger partial charge in [-0.1, -0.05) is 18.2 Å². The second-order valence-corrected chi connectivity index (χ2v) is 8.00. The number of hydrogen-bond donors (Lipinski definition) is 1. The highest BCUT2D eigenvalue weighted by molar-refractivity contribution is 7.91. The molecule has 0 aliphatic carbocycles. The van der Waals surface area contributed by atoms with E-state index >= 15 is 0 Å². The minimum absolute atomic E-state index is 0.199. The van der Waals surface area contributed by atoms with Crippen LogP contribution in [0.3, 0.4) is 0 Å². The van der Waals surface area contributed by atoms with Crippen LogP contribution in [0.5, 0.6) is 11.5 Å². The molecule has 1 aliphatic rings. The quantitative estimate of drug-likeness (QED) is 0.929. The van der Waals surface area contributed by atoms with Crippen molar-refractivity contribution in [1.82, 2.24) is 4.72 Å². The van der Waals surface area contributed by atoms with Crippen LogP contribution in [0.25, 0.3) is 0 Å². The number of aryl methyl sites for hydroxylation is 1. The van der Waals surface area contributed by atoms with Crippen molar-refractivity contribution in [1.29, 1.82) is 0 Å². The van der Waals surface area contributed by atoms with E-state index in [0.717, 1.165) is 28.2 Å². The van der Waals surface area contributed by atoms with E-state index in [2.05, 4.69) is 4.72 Å². The summed E-state index contributed by atoms with van der Waals surface area (Å²) in [7, 11) is -2.15. The van der Waals surface area contributed by atoms with Crippen LogP contribution in [0.15, 0.2) is 33.9 Å². The Morgan fingerprint density at radius 3 is 2.95 bits per heavy atom. The Hall–Kier alpha value is -1.57. The van der Waals surface area contributed by atoms with Gasteiger partial charge in [0.2, 0.25) is 0 Å². The van der Waals surface area contributed by atoms with E-state index < -0.39 is 10.0 Å². The van der Waals surface area contributed by atoms with Crippen molar-refractivity contribution < 1.29 is 17.9 Å². The number of hydrogen-bond acceptors (Lipinski definition) is 5. The van der Waals surface area contributed by atoms with Crippen molar-refractivity contribution in [2.24, 2.45) is 0 Å². The van der Waals surface area contributed by atoms with Gasteiger partial charge in [-0.2, -0.15) is 0 Å². The highest BCUT2D eigenvalue weighted by Gasteiger charge is 2.28. The van der Waals surface area contributed by atoms with Gasteiger partial charge in [0.25, 0.3) is 10.0 Å². The normalized spacial score (nSPS) is 17.6. The number of thiophene rings is 1. The monoisotopic (exact) mass is 339 g/mol. The van der Waals surface area contributed by atoms with E-state index in [4.69, 9.17) is 9.47 Å². The highest BCUT2D eigenvalue weighted by Crippen LogP contribution is 2.31. The summed E-state index contributed by atoms with van der Waals surface area (Å²) in [5, 5.41) is 1.70. The van der Waals surface area contributed by atoms with Crippen molar-refractivity contribution in [3.63, 3.8) is 0 Å². The number of ether oxygens (including phenoxy) is 2. The van der Waals surface area contributed by atoms with Crippen LogP contribution < -0.4 is 14.2 Å². The molecule has 2 heterocycles. The maximum atomic E-state index is 12.5. The summed E-state index contributed by atoms with van der Waals surface area (Å²) in [6, 6.07) is 7.27. The van der Waals surface area contributed by atoms with Crippen LogP contribution in [0, 0.1) is 6.92 Å². The lowest BCUT2D eigenvalue weighted by molar-refractivity contribution is 0.252. The van der Waals surface area contributed by atoms with E-state index in [-0.39, 0.29) is 10.3 Å². The molecule has 0 bridgehead atoms. The molecule has 3 rings (SSSR count). The molecule has 7 heteroatoms. The van der Waals surface area contributed by atoms with Crippen LogP contribution >= 0.6 is 11.3 Å². The standard InChI is InChI=1S/C15H17NO4S2/c1-10-4-3-5-11-8-12(9-20-14(10)11)16-22(17,18)15-13(19-2)6-7-21-15/h3-7,12,16H,8-9H2,1-2H3. The van der Waals surface area contributed by atoms with Gasteiger partial charge in [0.15, 0.2) is 4.21 Å². The van der Waals surface area contributed by atoms with Crippen molar-refractivity contribution in [2.75, 3.05) is 13.7 Å². The average Bonchev–Trinajstić information content (AvgIpc) is 2.96. The lowest BCUT2D eigenvalue weighted by Crippen LogP contribution is -2.42. The Bertz CT molecular complexity index is 783. The molecule has 118 valence electrons. The lowest BCUT2D eigenvalue weighted by atomic mass is 10.0. The molecule has 1 aliphatic heterocycles. The van der Waals surface area contributed by atoms with Crippen LogP contribution in [0.4, 0.5) is 0 Å². The molecule has 1 atom stereocenters. The molecule has 0 radical (unpaired) electrons. The van der Waals surface area contributed by atoms with E-state index in [9.17, 15) is 8.42 Å². The van der Waals surface area contributed by atoms with Gasteiger partial charge >= 0.3 is 0 Å². The third-order valence-corrected chi connectivity index (χ3v) is 6.54. The molecule has 0 spiro atoms. The maximum Gasteiger partial charge on any atom is 0.254 e. The minimum Gasteiger partial charge on any atom is -0.494 e. The van der Waals surface area contributed by atoms with Crippen molar-refractivity contribution in [3.8, 4) is 11.5 Å². The first-order valence-electron chi connectivity index (χ1n) is 6.86. The average molecular weight is 339 g/mol. The fraction of sp³-hybridized carbons (Fsp3) is 0.333. The number of sulfonamides is 1. The highest BCUT2D eigenvalue weighted by atomic mass is 32.2. The smallest absolute Gasteiger partial charge is 0.254 e. The molecule has 1 aromatic carbocycles. The number of benzene rings is 1. The third kappa shape index (κ3) is 2.84. The lowest BCUT2D eigenvalue weighted by Gasteiger charge is -2.26. The molecular formula is C15H17NO4S2. The largest absolute Gasteiger partial charge is 0.494 e. The predicted octanol–water partition coefficient (Wildman–Crippen LogP) is 2.35. The summed E-state index contributed by atoms with van der Waals surface area (Å²) in [4.78, 5) is 0. The SMILES string of the molecule is COc1ccsc1S(=O)(=O)NC1COc2c(C)cccc2C1. The fourth-order valence-corrected chi connectivity index (χ4v) is 5.08. The molecule has 0 fully saturated rings.